The highest BCUT2D eigenvalue weighted by Gasteiger charge is 1.98. The molecule has 104 valence electrons. The Morgan fingerprint density at radius 1 is 1.50 bits per heavy atom. The van der Waals surface area contributed by atoms with Crippen molar-refractivity contribution in [1.29, 1.82) is 0 Å². The Hall–Kier alpha value is -2.41. The van der Waals surface area contributed by atoms with Crippen LogP contribution in [-0.4, -0.2) is 16.6 Å². The second-order valence-corrected chi connectivity index (χ2v) is 4.96. The van der Waals surface area contributed by atoms with Crippen molar-refractivity contribution in [2.45, 2.75) is 0 Å². The van der Waals surface area contributed by atoms with E-state index in [0.29, 0.717) is 10.3 Å². The molecule has 2 aromatic rings. The molecule has 0 aliphatic heterocycles. The zero-order valence-corrected chi connectivity index (χ0v) is 11.6. The van der Waals surface area contributed by atoms with Gasteiger partial charge in [-0.3, -0.25) is 14.9 Å². The largest absolute Gasteiger partial charge is 0.497 e. The van der Waals surface area contributed by atoms with Crippen LogP contribution < -0.4 is 19.5 Å². The van der Waals surface area contributed by atoms with E-state index < -0.39 is 4.92 Å². The lowest BCUT2D eigenvalue weighted by molar-refractivity contribution is -0.363. The number of hydrogen-bond acceptors (Lipinski definition) is 5. The van der Waals surface area contributed by atoms with Crippen LogP contribution in [0.3, 0.4) is 0 Å². The SMILES string of the molecule is COc1cccc(/C=c2/sc(=[C-][N+](=O)[O-])n(C)c2=O)c1. The summed E-state index contributed by atoms with van der Waals surface area (Å²) in [5.74, 6) is 0.677. The highest BCUT2D eigenvalue weighted by atomic mass is 32.1. The smallest absolute Gasteiger partial charge is 0.266 e. The fourth-order valence-electron chi connectivity index (χ4n) is 1.62. The van der Waals surface area contributed by atoms with E-state index in [1.165, 1.54) is 11.6 Å². The summed E-state index contributed by atoms with van der Waals surface area (Å²) < 4.78 is 6.89. The second-order valence-electron chi connectivity index (χ2n) is 3.93. The third-order valence-electron chi connectivity index (χ3n) is 2.61. The first-order valence-electron chi connectivity index (χ1n) is 5.61. The van der Waals surface area contributed by atoms with Gasteiger partial charge in [0.2, 0.25) is 0 Å². The average molecular weight is 291 g/mol. The minimum Gasteiger partial charge on any atom is -0.497 e. The summed E-state index contributed by atoms with van der Waals surface area (Å²) in [6.45, 7) is 0. The van der Waals surface area contributed by atoms with E-state index in [2.05, 4.69) is 0 Å². The number of nitro groups is 1. The van der Waals surface area contributed by atoms with Crippen molar-refractivity contribution in [3.05, 3.63) is 59.5 Å². The number of aromatic nitrogens is 1. The fourth-order valence-corrected chi connectivity index (χ4v) is 2.59. The molecule has 1 aromatic carbocycles. The second kappa shape index (κ2) is 5.70. The molecule has 0 radical (unpaired) electrons. The number of methoxy groups -OCH3 is 1. The summed E-state index contributed by atoms with van der Waals surface area (Å²) in [5.41, 5.74) is 0.498. The molecule has 1 heterocycles. The van der Waals surface area contributed by atoms with Crippen molar-refractivity contribution in [3.63, 3.8) is 0 Å². The Bertz CT molecular complexity index is 820. The van der Waals surface area contributed by atoms with E-state index in [-0.39, 0.29) is 10.2 Å². The number of rotatable bonds is 3. The third kappa shape index (κ3) is 2.94. The highest BCUT2D eigenvalue weighted by Crippen LogP contribution is 2.12. The van der Waals surface area contributed by atoms with Crippen LogP contribution in [0.15, 0.2) is 29.1 Å². The van der Waals surface area contributed by atoms with Crippen LogP contribution in [0.5, 0.6) is 5.75 Å². The van der Waals surface area contributed by atoms with Gasteiger partial charge in [-0.05, 0) is 28.4 Å². The van der Waals surface area contributed by atoms with Gasteiger partial charge in [0.25, 0.3) is 5.56 Å². The normalized spacial score (nSPS) is 12.7. The average Bonchev–Trinajstić information content (AvgIpc) is 2.67. The van der Waals surface area contributed by atoms with Gasteiger partial charge in [-0.2, -0.15) is 0 Å². The van der Waals surface area contributed by atoms with E-state index in [0.717, 1.165) is 16.9 Å². The van der Waals surface area contributed by atoms with Crippen LogP contribution in [0, 0.1) is 10.1 Å². The van der Waals surface area contributed by atoms with Gasteiger partial charge in [-0.15, -0.1) is 16.3 Å². The monoisotopic (exact) mass is 291 g/mol. The van der Waals surface area contributed by atoms with Gasteiger partial charge >= 0.3 is 0 Å². The molecule has 7 heteroatoms. The molecule has 0 N–H and O–H groups in total. The summed E-state index contributed by atoms with van der Waals surface area (Å²) in [6.07, 6.45) is 3.67. The lowest BCUT2D eigenvalue weighted by Gasteiger charge is -1.99. The molecule has 0 saturated carbocycles. The lowest BCUT2D eigenvalue weighted by atomic mass is 10.2. The molecule has 0 saturated heterocycles. The number of nitrogens with zero attached hydrogens (tertiary/aromatic N) is 2. The summed E-state index contributed by atoms with van der Waals surface area (Å²) >= 11 is 1.02. The molecule has 0 unspecified atom stereocenters. The van der Waals surface area contributed by atoms with Gasteiger partial charge in [0.1, 0.15) is 5.75 Å². The summed E-state index contributed by atoms with van der Waals surface area (Å²) in [6, 6.07) is 7.20. The zero-order chi connectivity index (χ0) is 14.7. The maximum Gasteiger partial charge on any atom is 0.266 e. The molecule has 0 aliphatic rings. The van der Waals surface area contributed by atoms with Gasteiger partial charge in [-0.1, -0.05) is 18.3 Å². The van der Waals surface area contributed by atoms with Gasteiger partial charge in [0, 0.05) is 7.05 Å². The molecule has 2 rings (SSSR count). The number of ether oxygens (including phenoxy) is 1. The van der Waals surface area contributed by atoms with Crippen LogP contribution in [0.1, 0.15) is 5.56 Å². The first-order valence-corrected chi connectivity index (χ1v) is 6.42. The third-order valence-corrected chi connectivity index (χ3v) is 3.68. The Labute approximate surface area is 118 Å². The standard InChI is InChI=1S/C13H11N2O4S/c1-14-12(8-15(17)18)20-11(13(14)16)7-9-4-3-5-10(6-9)19-2/h3-7H,1-2H3/q-1/b11-7+. The van der Waals surface area contributed by atoms with Gasteiger partial charge in [0.05, 0.1) is 11.6 Å². The Balaban J connectivity index is 2.61. The summed E-state index contributed by atoms with van der Waals surface area (Å²) in [5, 5.41) is 10.4. The molecular formula is C13H11N2O4S-. The molecule has 20 heavy (non-hydrogen) atoms. The minimum atomic E-state index is -0.694. The minimum absolute atomic E-state index is 0.175. The van der Waals surface area contributed by atoms with Crippen molar-refractivity contribution in [2.75, 3.05) is 7.11 Å². The molecule has 0 atom stereocenters. The molecule has 0 fully saturated rings. The summed E-state index contributed by atoms with van der Waals surface area (Å²) in [7, 11) is 3.04. The Morgan fingerprint density at radius 3 is 2.90 bits per heavy atom. The van der Waals surface area contributed by atoms with Crippen molar-refractivity contribution >= 4 is 23.6 Å². The maximum atomic E-state index is 12.0. The summed E-state index contributed by atoms with van der Waals surface area (Å²) in [4.78, 5) is 21.7. The Morgan fingerprint density at radius 2 is 2.25 bits per heavy atom. The van der Waals surface area contributed by atoms with Crippen LogP contribution in [0.4, 0.5) is 0 Å². The van der Waals surface area contributed by atoms with Gasteiger partial charge < -0.3 is 9.30 Å². The van der Waals surface area contributed by atoms with Crippen molar-refractivity contribution in [3.8, 4) is 5.75 Å². The van der Waals surface area contributed by atoms with Crippen LogP contribution in [-0.2, 0) is 7.05 Å². The molecule has 0 bridgehead atoms. The van der Waals surface area contributed by atoms with E-state index >= 15 is 0 Å². The molecule has 1 aromatic heterocycles. The van der Waals surface area contributed by atoms with Crippen LogP contribution in [0.25, 0.3) is 12.3 Å². The predicted molar refractivity (Wildman–Crippen MR) is 75.8 cm³/mol. The number of benzene rings is 1. The number of thiazole rings is 1. The van der Waals surface area contributed by atoms with E-state index in [1.54, 1.807) is 31.4 Å². The Kier molecular flexibility index (Phi) is 3.99. The van der Waals surface area contributed by atoms with E-state index in [4.69, 9.17) is 4.74 Å². The first kappa shape index (κ1) is 14.0. The van der Waals surface area contributed by atoms with Crippen molar-refractivity contribution in [2.24, 2.45) is 7.05 Å². The zero-order valence-electron chi connectivity index (χ0n) is 10.8. The number of hydrogen-bond donors (Lipinski definition) is 0. The maximum absolute atomic E-state index is 12.0. The lowest BCUT2D eigenvalue weighted by Crippen LogP contribution is -2.29. The molecular weight excluding hydrogens is 280 g/mol. The van der Waals surface area contributed by atoms with E-state index in [1.807, 2.05) is 12.3 Å². The van der Waals surface area contributed by atoms with Crippen LogP contribution in [0.2, 0.25) is 0 Å². The molecule has 6 nitrogen and oxygen atoms in total. The molecule has 0 aliphatic carbocycles. The van der Waals surface area contributed by atoms with Crippen molar-refractivity contribution < 1.29 is 9.66 Å². The molecule has 0 spiro atoms. The highest BCUT2D eigenvalue weighted by molar-refractivity contribution is 7.07. The fraction of sp³-hybridized carbons (Fsp3) is 0.154. The molecule has 0 amide bonds. The van der Waals surface area contributed by atoms with Gasteiger partial charge in [0.15, 0.2) is 0 Å². The van der Waals surface area contributed by atoms with Crippen LogP contribution >= 0.6 is 11.3 Å². The topological polar surface area (TPSA) is 74.4 Å². The van der Waals surface area contributed by atoms with Crippen molar-refractivity contribution in [1.82, 2.24) is 4.57 Å². The first-order chi connectivity index (χ1) is 9.51. The van der Waals surface area contributed by atoms with Gasteiger partial charge in [-0.25, -0.2) is 0 Å². The van der Waals surface area contributed by atoms with E-state index in [9.17, 15) is 14.9 Å². The predicted octanol–water partition coefficient (Wildman–Crippen LogP) is 0.176. The quantitative estimate of drug-likeness (QED) is 0.350.